The van der Waals surface area contributed by atoms with Crippen LogP contribution in [-0.2, 0) is 27.4 Å². The molecule has 3 saturated heterocycles. The van der Waals surface area contributed by atoms with Gasteiger partial charge in [0, 0.05) is 108 Å². The molecule has 2 N–H and O–H groups in total. The van der Waals surface area contributed by atoms with Crippen LogP contribution < -0.4 is 10.9 Å². The molecule has 71 heavy (non-hydrogen) atoms. The predicted octanol–water partition coefficient (Wildman–Crippen LogP) is 7.65. The van der Waals surface area contributed by atoms with E-state index in [4.69, 9.17) is 9.47 Å². The summed E-state index contributed by atoms with van der Waals surface area (Å²) in [6, 6.07) is 13.1. The molecule has 3 aliphatic heterocycles. The number of nitrogens with one attached hydrogen (secondary N) is 2. The van der Waals surface area contributed by atoms with Gasteiger partial charge < -0.3 is 39.4 Å². The Morgan fingerprint density at radius 3 is 2.11 bits per heavy atom. The van der Waals surface area contributed by atoms with Crippen molar-refractivity contribution in [2.75, 3.05) is 93.3 Å². The maximum absolute atomic E-state index is 14.7. The number of quaternary nitrogens is 1. The molecule has 0 aliphatic carbocycles. The van der Waals surface area contributed by atoms with Crippen molar-refractivity contribution in [1.29, 1.82) is 0 Å². The summed E-state index contributed by atoms with van der Waals surface area (Å²) < 4.78 is 13.8. The molecule has 2 aromatic carbocycles. The van der Waals surface area contributed by atoms with Crippen LogP contribution in [0.15, 0.2) is 53.5 Å². The topological polar surface area (TPSA) is 166 Å². The smallest absolute Gasteiger partial charge is 0.413 e. The number of fused-ring (bicyclic) bond motifs is 2. The van der Waals surface area contributed by atoms with Crippen LogP contribution in [0.25, 0.3) is 21.8 Å². The lowest BCUT2D eigenvalue weighted by molar-refractivity contribution is -0.930. The Kier molecular flexibility index (Phi) is 18.8. The summed E-state index contributed by atoms with van der Waals surface area (Å²) in [5.41, 5.74) is 4.10. The van der Waals surface area contributed by atoms with Crippen molar-refractivity contribution in [1.82, 2.24) is 44.6 Å². The molecule has 0 saturated carbocycles. The number of hydrogen-bond donors (Lipinski definition) is 2. The van der Waals surface area contributed by atoms with Gasteiger partial charge in [-0.25, -0.2) is 19.1 Å². The fourth-order valence-electron chi connectivity index (χ4n) is 10.8. The standard InChI is InChI=1S/C54H80N10O7/c1-7-9-11-15-23-58(4)53(68)70-38-63-49-40(3)33-41(34-44(49)37-55-63)35-48(57-52(67)62-25-19-42(20-26-62)46-36-43-17-13-14-18-47(43)56-50(46)65)51(66)61-29-27-60(28-30-61)45-21-31-64(6,32-22-45)39-71-54(69)59(5)24-16-12-10-8-2/h13-14,17-18,33-34,36-37,42,45,48H,7-12,15-16,19-32,35,38-39H2,1-6H3,(H-,56,57,65,67)/p+1/t45?,48-,64?/m1/s1. The second-order valence-electron chi connectivity index (χ2n) is 20.8. The van der Waals surface area contributed by atoms with Crippen molar-refractivity contribution in [2.45, 2.75) is 129 Å². The molecule has 3 fully saturated rings. The molecular weight excluding hydrogens is 901 g/mol. The van der Waals surface area contributed by atoms with E-state index in [1.54, 1.807) is 32.6 Å². The fraction of sp³-hybridized carbons (Fsp3) is 0.630. The Hall–Kier alpha value is -5.68. The molecule has 0 unspecified atom stereocenters. The molecular formula is C54H81N10O7+. The second kappa shape index (κ2) is 25.1. The molecule has 0 bridgehead atoms. The van der Waals surface area contributed by atoms with Crippen LogP contribution >= 0.6 is 0 Å². The number of aromatic nitrogens is 3. The van der Waals surface area contributed by atoms with E-state index in [0.717, 1.165) is 122 Å². The van der Waals surface area contributed by atoms with Crippen LogP contribution in [0.5, 0.6) is 0 Å². The number of para-hydroxylation sites is 1. The van der Waals surface area contributed by atoms with Gasteiger partial charge in [0.15, 0.2) is 6.73 Å². The zero-order valence-electron chi connectivity index (χ0n) is 43.5. The lowest BCUT2D eigenvalue weighted by atomic mass is 9.89. The summed E-state index contributed by atoms with van der Waals surface area (Å²) in [7, 11) is 5.74. The van der Waals surface area contributed by atoms with E-state index >= 15 is 0 Å². The number of amides is 5. The van der Waals surface area contributed by atoms with E-state index in [1.807, 2.05) is 61.3 Å². The third-order valence-electron chi connectivity index (χ3n) is 15.3. The highest BCUT2D eigenvalue weighted by molar-refractivity contribution is 5.88. The SMILES string of the molecule is CCCCCCN(C)C(=O)OCn1ncc2cc(C[C@@H](NC(=O)N3CCC(c4cc5ccccc5[nH]c4=O)CC3)C(=O)N3CCN(C4CC[N+](C)(COC(=O)N(C)CCCCCC)CC4)CC3)cc(C)c21. The summed E-state index contributed by atoms with van der Waals surface area (Å²) in [6.45, 7) is 13.3. The molecule has 3 aliphatic rings. The van der Waals surface area contributed by atoms with E-state index < -0.39 is 12.1 Å². The maximum Gasteiger partial charge on any atom is 0.413 e. The van der Waals surface area contributed by atoms with Gasteiger partial charge in [-0.3, -0.25) is 19.0 Å². The van der Waals surface area contributed by atoms with Crippen molar-refractivity contribution < 1.29 is 33.1 Å². The fourth-order valence-corrected chi connectivity index (χ4v) is 10.8. The van der Waals surface area contributed by atoms with Gasteiger partial charge in [-0.2, -0.15) is 5.10 Å². The number of benzene rings is 2. The number of urea groups is 1. The molecule has 388 valence electrons. The molecule has 4 aromatic rings. The first-order valence-electron chi connectivity index (χ1n) is 26.5. The van der Waals surface area contributed by atoms with Gasteiger partial charge in [-0.15, -0.1) is 0 Å². The number of carbonyl (C=O) groups excluding carboxylic acids is 4. The number of likely N-dealkylation sites (tertiary alicyclic amines) is 2. The van der Waals surface area contributed by atoms with Crippen LogP contribution in [0, 0.1) is 6.92 Å². The normalized spacial score (nSPS) is 19.4. The Labute approximate surface area is 420 Å². The Morgan fingerprint density at radius 2 is 1.45 bits per heavy atom. The van der Waals surface area contributed by atoms with E-state index in [1.165, 1.54) is 6.42 Å². The van der Waals surface area contributed by atoms with Crippen molar-refractivity contribution >= 4 is 45.9 Å². The lowest BCUT2D eigenvalue weighted by Crippen LogP contribution is -2.60. The minimum Gasteiger partial charge on any atom is -0.426 e. The molecule has 5 heterocycles. The molecule has 0 radical (unpaired) electrons. The Morgan fingerprint density at radius 1 is 0.803 bits per heavy atom. The molecule has 17 heteroatoms. The minimum absolute atomic E-state index is 0.0167. The summed E-state index contributed by atoms with van der Waals surface area (Å²) in [6.07, 6.45) is 13.3. The van der Waals surface area contributed by atoms with E-state index in [9.17, 15) is 24.0 Å². The number of pyridine rings is 1. The number of aromatic amines is 1. The highest BCUT2D eigenvalue weighted by atomic mass is 16.6. The number of carbonyl (C=O) groups is 4. The zero-order valence-corrected chi connectivity index (χ0v) is 43.5. The van der Waals surface area contributed by atoms with E-state index in [0.29, 0.717) is 69.4 Å². The summed E-state index contributed by atoms with van der Waals surface area (Å²) in [5, 5.41) is 9.58. The van der Waals surface area contributed by atoms with Crippen molar-refractivity contribution in [3.63, 3.8) is 0 Å². The number of rotatable bonds is 20. The van der Waals surface area contributed by atoms with Gasteiger partial charge >= 0.3 is 18.2 Å². The van der Waals surface area contributed by atoms with Gasteiger partial charge in [0.25, 0.3) is 5.56 Å². The molecule has 7 rings (SSSR count). The van der Waals surface area contributed by atoms with Crippen LogP contribution in [-0.4, -0.2) is 173 Å². The number of H-pyrrole nitrogens is 1. The van der Waals surface area contributed by atoms with Gasteiger partial charge in [0.05, 0.1) is 31.9 Å². The molecule has 17 nitrogen and oxygen atoms in total. The first-order valence-corrected chi connectivity index (χ1v) is 26.5. The summed E-state index contributed by atoms with van der Waals surface area (Å²) >= 11 is 0. The lowest BCUT2D eigenvalue weighted by Gasteiger charge is -2.45. The van der Waals surface area contributed by atoms with Crippen molar-refractivity contribution in [2.24, 2.45) is 0 Å². The number of piperazine rings is 1. The molecule has 2 aromatic heterocycles. The Bertz CT molecular complexity index is 2470. The third kappa shape index (κ3) is 14.1. The van der Waals surface area contributed by atoms with Crippen LogP contribution in [0.4, 0.5) is 14.4 Å². The third-order valence-corrected chi connectivity index (χ3v) is 15.3. The average Bonchev–Trinajstić information content (AvgIpc) is 3.80. The van der Waals surface area contributed by atoms with Crippen molar-refractivity contribution in [3.05, 3.63) is 75.7 Å². The maximum atomic E-state index is 14.7. The number of ether oxygens (including phenoxy) is 2. The van der Waals surface area contributed by atoms with Gasteiger partial charge in [0.1, 0.15) is 6.04 Å². The first kappa shape index (κ1) is 53.1. The van der Waals surface area contributed by atoms with Gasteiger partial charge in [-0.05, 0) is 73.2 Å². The van der Waals surface area contributed by atoms with Crippen LogP contribution in [0.1, 0.15) is 114 Å². The number of hydrogen-bond acceptors (Lipinski definition) is 9. The van der Waals surface area contributed by atoms with Gasteiger partial charge in [-0.1, -0.05) is 76.6 Å². The van der Waals surface area contributed by atoms with Gasteiger partial charge in [0.2, 0.25) is 12.6 Å². The molecule has 1 atom stereocenters. The van der Waals surface area contributed by atoms with Crippen molar-refractivity contribution in [3.8, 4) is 0 Å². The highest BCUT2D eigenvalue weighted by Crippen LogP contribution is 2.29. The number of piperidine rings is 2. The number of aryl methyl sites for hydroxylation is 1. The number of nitrogens with zero attached hydrogens (tertiary/aromatic N) is 8. The first-order chi connectivity index (χ1) is 34.2. The Balaban J connectivity index is 0.975. The van der Waals surface area contributed by atoms with Crippen LogP contribution in [0.2, 0.25) is 0 Å². The largest absolute Gasteiger partial charge is 0.426 e. The summed E-state index contributed by atoms with van der Waals surface area (Å²) in [5.74, 6) is -0.0946. The second-order valence-corrected chi connectivity index (χ2v) is 20.8. The van der Waals surface area contributed by atoms with E-state index in [-0.39, 0.29) is 42.7 Å². The molecule has 5 amide bonds. The summed E-state index contributed by atoms with van der Waals surface area (Å²) in [4.78, 5) is 80.1. The monoisotopic (exact) mass is 982 g/mol. The molecule has 0 spiro atoms. The van der Waals surface area contributed by atoms with Crippen LogP contribution in [0.3, 0.4) is 0 Å². The minimum atomic E-state index is -0.818. The quantitative estimate of drug-likeness (QED) is 0.0669. The zero-order chi connectivity index (χ0) is 50.5. The van der Waals surface area contributed by atoms with E-state index in [2.05, 4.69) is 41.2 Å². The number of unbranched alkanes of at least 4 members (excludes halogenated alkanes) is 6. The highest BCUT2D eigenvalue weighted by Gasteiger charge is 2.37. The average molecular weight is 982 g/mol. The predicted molar refractivity (Wildman–Crippen MR) is 277 cm³/mol.